The number of halogens is 6. The van der Waals surface area contributed by atoms with Crippen LogP contribution in [0.25, 0.3) is 0 Å². The Labute approximate surface area is 222 Å². The molecule has 0 aliphatic carbocycles. The maximum atomic E-state index is 13.7. The van der Waals surface area contributed by atoms with Crippen LogP contribution in [-0.2, 0) is 26.6 Å². The van der Waals surface area contributed by atoms with Crippen LogP contribution in [0.4, 0.5) is 42.5 Å². The topological polar surface area (TPSA) is 59.1 Å². The third-order valence-electron chi connectivity index (χ3n) is 6.60. The molecule has 0 fully saturated rings. The van der Waals surface area contributed by atoms with Gasteiger partial charge >= 0.3 is 24.4 Å². The van der Waals surface area contributed by atoms with Crippen molar-refractivity contribution in [3.8, 4) is 0 Å². The van der Waals surface area contributed by atoms with Crippen LogP contribution < -0.4 is 9.80 Å². The number of hydrogen-bond donors (Lipinski definition) is 0. The molecule has 214 valence electrons. The predicted molar refractivity (Wildman–Crippen MR) is 133 cm³/mol. The number of methoxy groups -OCH3 is 1. The first kappa shape index (κ1) is 30.1. The highest BCUT2D eigenvalue weighted by atomic mass is 19.4. The molecular formula is C27H30F6N2O4. The molecule has 2 atom stereocenters. The van der Waals surface area contributed by atoms with Crippen molar-refractivity contribution >= 4 is 23.4 Å². The number of benzene rings is 2. The first-order valence-corrected chi connectivity index (χ1v) is 12.2. The molecule has 12 heteroatoms. The van der Waals surface area contributed by atoms with Crippen molar-refractivity contribution in [3.63, 3.8) is 0 Å². The van der Waals surface area contributed by atoms with Crippen LogP contribution in [-0.4, -0.2) is 37.9 Å². The summed E-state index contributed by atoms with van der Waals surface area (Å²) in [7, 11) is 1.00. The maximum absolute atomic E-state index is 13.7. The summed E-state index contributed by atoms with van der Waals surface area (Å²) in [6.07, 6.45) is -11.0. The van der Waals surface area contributed by atoms with E-state index < -0.39 is 59.3 Å². The average Bonchev–Trinajstić information content (AvgIpc) is 2.82. The Hall–Kier alpha value is -3.44. The summed E-state index contributed by atoms with van der Waals surface area (Å²) in [5.74, 6) is -1.06. The van der Waals surface area contributed by atoms with E-state index in [2.05, 4.69) is 0 Å². The molecule has 1 aliphatic rings. The van der Waals surface area contributed by atoms with Gasteiger partial charge in [-0.2, -0.15) is 26.3 Å². The molecule has 0 aromatic heterocycles. The van der Waals surface area contributed by atoms with Crippen LogP contribution in [0.15, 0.2) is 30.3 Å². The molecular weight excluding hydrogens is 530 g/mol. The summed E-state index contributed by atoms with van der Waals surface area (Å²) in [5.41, 5.74) is -1.54. The van der Waals surface area contributed by atoms with Crippen molar-refractivity contribution in [2.75, 3.05) is 23.5 Å². The van der Waals surface area contributed by atoms with E-state index in [-0.39, 0.29) is 18.3 Å². The zero-order valence-electron chi connectivity index (χ0n) is 22.3. The Morgan fingerprint density at radius 1 is 0.923 bits per heavy atom. The van der Waals surface area contributed by atoms with Crippen molar-refractivity contribution in [2.24, 2.45) is 0 Å². The number of ether oxygens (including phenoxy) is 2. The van der Waals surface area contributed by atoms with Gasteiger partial charge in [-0.05, 0) is 81.1 Å². The Bertz CT molecular complexity index is 1210. The first-order chi connectivity index (χ1) is 18.0. The van der Waals surface area contributed by atoms with Gasteiger partial charge in [0.25, 0.3) is 0 Å². The Kier molecular flexibility index (Phi) is 8.47. The Morgan fingerprint density at radius 3 is 1.87 bits per heavy atom. The van der Waals surface area contributed by atoms with Gasteiger partial charge in [0, 0.05) is 6.54 Å². The summed E-state index contributed by atoms with van der Waals surface area (Å²) in [4.78, 5) is 29.1. The van der Waals surface area contributed by atoms with Gasteiger partial charge in [0.05, 0.1) is 41.8 Å². The van der Waals surface area contributed by atoms with E-state index in [1.165, 1.54) is 9.80 Å². The molecule has 2 aromatic carbocycles. The lowest BCUT2D eigenvalue weighted by Gasteiger charge is -2.45. The molecule has 0 spiro atoms. The van der Waals surface area contributed by atoms with Gasteiger partial charge in [0.15, 0.2) is 6.04 Å². The summed E-state index contributed by atoms with van der Waals surface area (Å²) >= 11 is 0. The lowest BCUT2D eigenvalue weighted by Crippen LogP contribution is -2.54. The molecule has 0 N–H and O–H groups in total. The van der Waals surface area contributed by atoms with Gasteiger partial charge in [-0.1, -0.05) is 6.92 Å². The Morgan fingerprint density at radius 2 is 1.44 bits per heavy atom. The number of anilines is 2. The van der Waals surface area contributed by atoms with Gasteiger partial charge in [0.2, 0.25) is 0 Å². The van der Waals surface area contributed by atoms with Crippen molar-refractivity contribution in [3.05, 3.63) is 58.1 Å². The number of fused-ring (bicyclic) bond motifs is 1. The first-order valence-electron chi connectivity index (χ1n) is 12.2. The number of aryl methyl sites for hydroxylation is 2. The number of hydrogen-bond acceptors (Lipinski definition) is 5. The van der Waals surface area contributed by atoms with E-state index in [1.54, 1.807) is 46.8 Å². The van der Waals surface area contributed by atoms with Crippen LogP contribution in [0.2, 0.25) is 0 Å². The minimum atomic E-state index is -5.10. The highest BCUT2D eigenvalue weighted by molar-refractivity contribution is 5.96. The monoisotopic (exact) mass is 560 g/mol. The highest BCUT2D eigenvalue weighted by Crippen LogP contribution is 2.45. The molecule has 3 rings (SSSR count). The second-order valence-electron chi connectivity index (χ2n) is 9.71. The zero-order chi connectivity index (χ0) is 29.4. The summed E-state index contributed by atoms with van der Waals surface area (Å²) in [6, 6.07) is 2.09. The number of esters is 1. The number of rotatable bonds is 5. The smallest absolute Gasteiger partial charge is 0.416 e. The quantitative estimate of drug-likeness (QED) is 0.286. The van der Waals surface area contributed by atoms with Crippen LogP contribution in [0.5, 0.6) is 0 Å². The van der Waals surface area contributed by atoms with Gasteiger partial charge in [-0.15, -0.1) is 0 Å². The van der Waals surface area contributed by atoms with E-state index in [4.69, 9.17) is 9.47 Å². The van der Waals surface area contributed by atoms with Gasteiger partial charge < -0.3 is 14.4 Å². The van der Waals surface area contributed by atoms with Crippen LogP contribution >= 0.6 is 0 Å². The zero-order valence-corrected chi connectivity index (χ0v) is 22.3. The van der Waals surface area contributed by atoms with Crippen LogP contribution in [0, 0.1) is 13.8 Å². The molecule has 0 bridgehead atoms. The maximum Gasteiger partial charge on any atom is 0.416 e. The standard InChI is InChI=1S/C27H30F6N2O4/c1-7-20-13-34(21-8-15(4)16(5)9-22(21)35(20)25(37)39-14(2)3)23(24(36)38-6)17-10-18(26(28,29)30)12-19(11-17)27(31,32)33/h8-12,14,20,23H,7,13H2,1-6H3/t20-,23-/m0/s1. The lowest BCUT2D eigenvalue weighted by atomic mass is 9.94. The molecule has 0 radical (unpaired) electrons. The number of nitrogens with zero attached hydrogens (tertiary/aromatic N) is 2. The fraction of sp³-hybridized carbons (Fsp3) is 0.481. The third-order valence-corrected chi connectivity index (χ3v) is 6.60. The number of amides is 1. The van der Waals surface area contributed by atoms with E-state index in [0.717, 1.165) is 18.2 Å². The predicted octanol–water partition coefficient (Wildman–Crippen LogP) is 7.21. The normalized spacial score (nSPS) is 16.7. The average molecular weight is 561 g/mol. The minimum Gasteiger partial charge on any atom is -0.467 e. The molecule has 2 aromatic rings. The van der Waals surface area contributed by atoms with Gasteiger partial charge in [-0.3, -0.25) is 4.90 Å². The highest BCUT2D eigenvalue weighted by Gasteiger charge is 2.43. The molecule has 0 unspecified atom stereocenters. The number of alkyl halides is 6. The lowest BCUT2D eigenvalue weighted by molar-refractivity contribution is -0.145. The molecule has 1 heterocycles. The van der Waals surface area contributed by atoms with E-state index in [1.807, 2.05) is 0 Å². The second-order valence-corrected chi connectivity index (χ2v) is 9.71. The molecule has 1 amide bonds. The fourth-order valence-corrected chi connectivity index (χ4v) is 4.57. The minimum absolute atomic E-state index is 0.00794. The SMILES string of the molecule is CC[C@H]1CN([C@H](C(=O)OC)c2cc(C(F)(F)F)cc(C(F)(F)F)c2)c2cc(C)c(C)cc2N1C(=O)OC(C)C. The van der Waals surface area contributed by atoms with E-state index >= 15 is 0 Å². The number of carbonyl (C=O) groups excluding carboxylic acids is 2. The Balaban J connectivity index is 2.31. The van der Waals surface area contributed by atoms with Crippen molar-refractivity contribution in [1.82, 2.24) is 0 Å². The number of carbonyl (C=O) groups is 2. The molecule has 0 saturated heterocycles. The second kappa shape index (κ2) is 11.0. The van der Waals surface area contributed by atoms with E-state index in [0.29, 0.717) is 24.2 Å². The molecule has 39 heavy (non-hydrogen) atoms. The van der Waals surface area contributed by atoms with Crippen molar-refractivity contribution < 1.29 is 45.4 Å². The summed E-state index contributed by atoms with van der Waals surface area (Å²) in [6.45, 7) is 8.59. The molecule has 0 saturated carbocycles. The fourth-order valence-electron chi connectivity index (χ4n) is 4.57. The largest absolute Gasteiger partial charge is 0.467 e. The summed E-state index contributed by atoms with van der Waals surface area (Å²) < 4.78 is 92.3. The molecule has 1 aliphatic heterocycles. The third kappa shape index (κ3) is 6.25. The van der Waals surface area contributed by atoms with Crippen LogP contribution in [0.3, 0.4) is 0 Å². The van der Waals surface area contributed by atoms with Crippen molar-refractivity contribution in [1.29, 1.82) is 0 Å². The van der Waals surface area contributed by atoms with E-state index in [9.17, 15) is 35.9 Å². The molecule has 6 nitrogen and oxygen atoms in total. The summed E-state index contributed by atoms with van der Waals surface area (Å²) in [5, 5.41) is 0. The van der Waals surface area contributed by atoms with Gasteiger partial charge in [0.1, 0.15) is 0 Å². The van der Waals surface area contributed by atoms with Gasteiger partial charge in [-0.25, -0.2) is 9.59 Å². The van der Waals surface area contributed by atoms with Crippen LogP contribution in [0.1, 0.15) is 61.1 Å². The van der Waals surface area contributed by atoms with Crippen molar-refractivity contribution in [2.45, 2.75) is 71.6 Å².